The van der Waals surface area contributed by atoms with Crippen LogP contribution in [0.5, 0.6) is 0 Å². The largest absolute Gasteiger partial charge is 0.358 e. The number of rotatable bonds is 3. The summed E-state index contributed by atoms with van der Waals surface area (Å²) in [4.78, 5) is 11.2. The van der Waals surface area contributed by atoms with Gasteiger partial charge < -0.3 is 10.6 Å². The lowest BCUT2D eigenvalue weighted by molar-refractivity contribution is -0.119. The van der Waals surface area contributed by atoms with Crippen LogP contribution in [0.2, 0.25) is 0 Å². The van der Waals surface area contributed by atoms with Crippen molar-refractivity contribution in [3.63, 3.8) is 0 Å². The van der Waals surface area contributed by atoms with Crippen LogP contribution in [0, 0.1) is 0 Å². The van der Waals surface area contributed by atoms with Crippen LogP contribution in [0.25, 0.3) is 0 Å². The lowest BCUT2D eigenvalue weighted by Gasteiger charge is -2.13. The van der Waals surface area contributed by atoms with Gasteiger partial charge in [-0.25, -0.2) is 0 Å². The van der Waals surface area contributed by atoms with Gasteiger partial charge in [0.2, 0.25) is 5.91 Å². The summed E-state index contributed by atoms with van der Waals surface area (Å²) in [5, 5.41) is 5.90. The molecule has 0 heterocycles. The third-order valence-corrected chi connectivity index (χ3v) is 3.74. The monoisotopic (exact) mass is 282 g/mol. The first-order chi connectivity index (χ1) is 7.72. The van der Waals surface area contributed by atoms with Gasteiger partial charge in [-0.05, 0) is 30.0 Å². The maximum atomic E-state index is 11.2. The molecule has 1 aromatic rings. The number of hydrogen-bond donors (Lipinski definition) is 2. The Morgan fingerprint density at radius 3 is 3.12 bits per heavy atom. The summed E-state index contributed by atoms with van der Waals surface area (Å²) >= 11 is 3.56. The zero-order chi connectivity index (χ0) is 11.5. The molecule has 4 heteroatoms. The Kier molecular flexibility index (Phi) is 3.61. The Balaban J connectivity index is 2.06. The van der Waals surface area contributed by atoms with E-state index >= 15 is 0 Å². The van der Waals surface area contributed by atoms with Crippen molar-refractivity contribution in [3.05, 3.63) is 33.8 Å². The van der Waals surface area contributed by atoms with Crippen molar-refractivity contribution in [1.29, 1.82) is 0 Å². The Hall–Kier alpha value is -0.870. The third kappa shape index (κ3) is 2.28. The van der Waals surface area contributed by atoms with Gasteiger partial charge >= 0.3 is 0 Å². The number of fused-ring (bicyclic) bond motifs is 1. The van der Waals surface area contributed by atoms with Crippen LogP contribution >= 0.6 is 15.9 Å². The molecule has 16 heavy (non-hydrogen) atoms. The fourth-order valence-electron chi connectivity index (χ4n) is 2.13. The van der Waals surface area contributed by atoms with Gasteiger partial charge in [0.1, 0.15) is 0 Å². The summed E-state index contributed by atoms with van der Waals surface area (Å²) < 4.78 is 1.18. The highest BCUT2D eigenvalue weighted by atomic mass is 79.9. The van der Waals surface area contributed by atoms with Crippen molar-refractivity contribution < 1.29 is 4.79 Å². The molecule has 86 valence electrons. The highest BCUT2D eigenvalue weighted by Crippen LogP contribution is 2.35. The number of carbonyl (C=O) groups excluding carboxylic acids is 1. The molecule has 2 rings (SSSR count). The van der Waals surface area contributed by atoms with E-state index in [9.17, 15) is 4.79 Å². The van der Waals surface area contributed by atoms with Crippen LogP contribution in [0.1, 0.15) is 23.6 Å². The predicted octanol–water partition coefficient (Wildman–Crippen LogP) is 1.77. The van der Waals surface area contributed by atoms with E-state index in [0.717, 1.165) is 12.8 Å². The number of halogens is 1. The molecule has 1 aromatic carbocycles. The highest BCUT2D eigenvalue weighted by Gasteiger charge is 2.23. The van der Waals surface area contributed by atoms with Crippen molar-refractivity contribution in [2.45, 2.75) is 18.9 Å². The van der Waals surface area contributed by atoms with Crippen molar-refractivity contribution in [2.24, 2.45) is 0 Å². The maximum Gasteiger partial charge on any atom is 0.233 e. The normalized spacial score (nSPS) is 18.2. The first kappa shape index (κ1) is 11.6. The van der Waals surface area contributed by atoms with E-state index in [1.807, 2.05) is 6.07 Å². The lowest BCUT2D eigenvalue weighted by atomic mass is 10.1. The van der Waals surface area contributed by atoms with Gasteiger partial charge in [0.15, 0.2) is 0 Å². The number of carbonyl (C=O) groups is 1. The van der Waals surface area contributed by atoms with Crippen LogP contribution in [0.4, 0.5) is 0 Å². The number of benzene rings is 1. The summed E-state index contributed by atoms with van der Waals surface area (Å²) in [6, 6.07) is 6.56. The van der Waals surface area contributed by atoms with Crippen LogP contribution in [0.3, 0.4) is 0 Å². The molecule has 0 fully saturated rings. The number of likely N-dealkylation sites (N-methyl/N-ethyl adjacent to an activating group) is 1. The van der Waals surface area contributed by atoms with Crippen molar-refractivity contribution in [1.82, 2.24) is 10.6 Å². The fourth-order valence-corrected chi connectivity index (χ4v) is 2.71. The van der Waals surface area contributed by atoms with Gasteiger partial charge in [0.05, 0.1) is 6.54 Å². The molecule has 0 aliphatic heterocycles. The molecule has 0 saturated heterocycles. The van der Waals surface area contributed by atoms with Crippen LogP contribution < -0.4 is 10.6 Å². The molecule has 0 spiro atoms. The Bertz CT molecular complexity index is 406. The first-order valence-electron chi connectivity index (χ1n) is 5.43. The zero-order valence-electron chi connectivity index (χ0n) is 9.22. The SMILES string of the molecule is CNC(=O)CNC1CCc2c(Br)cccc21. The van der Waals surface area contributed by atoms with E-state index in [0.29, 0.717) is 12.6 Å². The average Bonchev–Trinajstić information content (AvgIpc) is 2.70. The summed E-state index contributed by atoms with van der Waals surface area (Å²) in [7, 11) is 1.66. The molecule has 1 atom stereocenters. The van der Waals surface area contributed by atoms with Gasteiger partial charge in [-0.3, -0.25) is 4.79 Å². The van der Waals surface area contributed by atoms with E-state index in [-0.39, 0.29) is 5.91 Å². The minimum absolute atomic E-state index is 0.0310. The van der Waals surface area contributed by atoms with E-state index in [1.54, 1.807) is 7.05 Å². The highest BCUT2D eigenvalue weighted by molar-refractivity contribution is 9.10. The molecule has 0 aromatic heterocycles. The quantitative estimate of drug-likeness (QED) is 0.887. The minimum atomic E-state index is 0.0310. The molecular weight excluding hydrogens is 268 g/mol. The predicted molar refractivity (Wildman–Crippen MR) is 67.3 cm³/mol. The molecule has 0 bridgehead atoms. The van der Waals surface area contributed by atoms with E-state index < -0.39 is 0 Å². The van der Waals surface area contributed by atoms with Gasteiger partial charge in [0, 0.05) is 17.6 Å². The molecule has 1 unspecified atom stereocenters. The second kappa shape index (κ2) is 4.97. The third-order valence-electron chi connectivity index (χ3n) is 3.00. The summed E-state index contributed by atoms with van der Waals surface area (Å²) in [5.41, 5.74) is 2.69. The minimum Gasteiger partial charge on any atom is -0.358 e. The Morgan fingerprint density at radius 2 is 2.38 bits per heavy atom. The van der Waals surface area contributed by atoms with Crippen LogP contribution in [-0.4, -0.2) is 19.5 Å². The van der Waals surface area contributed by atoms with Crippen molar-refractivity contribution >= 4 is 21.8 Å². The first-order valence-corrected chi connectivity index (χ1v) is 6.23. The Labute approximate surface area is 104 Å². The topological polar surface area (TPSA) is 41.1 Å². The Morgan fingerprint density at radius 1 is 1.56 bits per heavy atom. The fraction of sp³-hybridized carbons (Fsp3) is 0.417. The smallest absolute Gasteiger partial charge is 0.233 e. The van der Waals surface area contributed by atoms with E-state index in [4.69, 9.17) is 0 Å². The van der Waals surface area contributed by atoms with E-state index in [2.05, 4.69) is 38.7 Å². The maximum absolute atomic E-state index is 11.2. The van der Waals surface area contributed by atoms with Gasteiger partial charge in [-0.2, -0.15) is 0 Å². The van der Waals surface area contributed by atoms with Gasteiger partial charge in [0.25, 0.3) is 0 Å². The molecule has 0 radical (unpaired) electrons. The molecular formula is C12H15BrN2O. The number of amides is 1. The number of nitrogens with one attached hydrogen (secondary N) is 2. The molecule has 3 nitrogen and oxygen atoms in total. The molecule has 1 aliphatic rings. The van der Waals surface area contributed by atoms with Crippen LogP contribution in [-0.2, 0) is 11.2 Å². The number of hydrogen-bond acceptors (Lipinski definition) is 2. The van der Waals surface area contributed by atoms with Crippen molar-refractivity contribution in [2.75, 3.05) is 13.6 Å². The summed E-state index contributed by atoms with van der Waals surface area (Å²) in [5.74, 6) is 0.0310. The van der Waals surface area contributed by atoms with Crippen molar-refractivity contribution in [3.8, 4) is 0 Å². The average molecular weight is 283 g/mol. The molecule has 1 amide bonds. The molecule has 1 aliphatic carbocycles. The van der Waals surface area contributed by atoms with Gasteiger partial charge in [-0.15, -0.1) is 0 Å². The second-order valence-electron chi connectivity index (χ2n) is 3.95. The molecule has 2 N–H and O–H groups in total. The lowest BCUT2D eigenvalue weighted by Crippen LogP contribution is -2.33. The molecule has 0 saturated carbocycles. The van der Waals surface area contributed by atoms with Gasteiger partial charge in [-0.1, -0.05) is 28.1 Å². The summed E-state index contributed by atoms with van der Waals surface area (Å²) in [6.07, 6.45) is 2.14. The zero-order valence-corrected chi connectivity index (χ0v) is 10.8. The summed E-state index contributed by atoms with van der Waals surface area (Å²) in [6.45, 7) is 0.382. The standard InChI is InChI=1S/C12H15BrN2O/c1-14-12(16)7-15-11-6-5-8-9(11)3-2-4-10(8)13/h2-4,11,15H,5-7H2,1H3,(H,14,16). The van der Waals surface area contributed by atoms with Crippen LogP contribution in [0.15, 0.2) is 22.7 Å². The van der Waals surface area contributed by atoms with E-state index in [1.165, 1.54) is 15.6 Å². The second-order valence-corrected chi connectivity index (χ2v) is 4.81.